The topological polar surface area (TPSA) is 70.2 Å². The molecule has 2 amide bonds. The predicted octanol–water partition coefficient (Wildman–Crippen LogP) is 2.74. The van der Waals surface area contributed by atoms with Crippen LogP contribution >= 0.6 is 0 Å². The number of carbonyl (C=O) groups excluding carboxylic acids is 1. The van der Waals surface area contributed by atoms with Crippen LogP contribution in [-0.2, 0) is 6.18 Å². The van der Waals surface area contributed by atoms with Crippen LogP contribution in [0.3, 0.4) is 0 Å². The zero-order chi connectivity index (χ0) is 17.7. The van der Waals surface area contributed by atoms with Crippen molar-refractivity contribution < 1.29 is 18.0 Å². The van der Waals surface area contributed by atoms with Crippen molar-refractivity contribution >= 4 is 11.8 Å². The van der Waals surface area contributed by atoms with Crippen LogP contribution in [0.4, 0.5) is 23.8 Å². The van der Waals surface area contributed by atoms with Crippen molar-refractivity contribution in [2.24, 2.45) is 5.92 Å². The van der Waals surface area contributed by atoms with Gasteiger partial charge in [-0.05, 0) is 18.8 Å². The van der Waals surface area contributed by atoms with Gasteiger partial charge in [0.15, 0.2) is 0 Å². The largest absolute Gasteiger partial charge is 0.433 e. The van der Waals surface area contributed by atoms with Crippen molar-refractivity contribution in [3.8, 4) is 0 Å². The Morgan fingerprint density at radius 3 is 2.58 bits per heavy atom. The second-order valence-electron chi connectivity index (χ2n) is 6.27. The Balaban J connectivity index is 1.84. The zero-order valence-corrected chi connectivity index (χ0v) is 13.7. The van der Waals surface area contributed by atoms with E-state index in [4.69, 9.17) is 0 Å². The number of alkyl halides is 3. The lowest BCUT2D eigenvalue weighted by Gasteiger charge is -2.32. The molecule has 0 unspecified atom stereocenters. The summed E-state index contributed by atoms with van der Waals surface area (Å²) in [4.78, 5) is 20.8. The molecular formula is C15H22F3N5O. The third-order valence-corrected chi connectivity index (χ3v) is 3.75. The average molecular weight is 345 g/mol. The number of halogens is 3. The number of likely N-dealkylation sites (tertiary alicyclic amines) is 1. The monoisotopic (exact) mass is 345 g/mol. The number of urea groups is 1. The molecule has 0 aliphatic carbocycles. The first-order valence-electron chi connectivity index (χ1n) is 7.94. The van der Waals surface area contributed by atoms with Crippen LogP contribution in [0.15, 0.2) is 12.4 Å². The molecule has 1 aromatic rings. The average Bonchev–Trinajstić information content (AvgIpc) is 2.53. The summed E-state index contributed by atoms with van der Waals surface area (Å²) in [6.07, 6.45) is -2.28. The van der Waals surface area contributed by atoms with E-state index >= 15 is 0 Å². The minimum Gasteiger partial charge on any atom is -0.367 e. The summed E-state index contributed by atoms with van der Waals surface area (Å²) >= 11 is 0. The van der Waals surface area contributed by atoms with Gasteiger partial charge in [-0.3, -0.25) is 0 Å². The van der Waals surface area contributed by atoms with E-state index in [9.17, 15) is 18.0 Å². The molecule has 0 aromatic carbocycles. The molecule has 134 valence electrons. The van der Waals surface area contributed by atoms with Crippen LogP contribution in [0, 0.1) is 5.92 Å². The maximum absolute atomic E-state index is 12.6. The quantitative estimate of drug-likeness (QED) is 0.880. The molecule has 2 N–H and O–H groups in total. The Morgan fingerprint density at radius 2 is 2.00 bits per heavy atom. The summed E-state index contributed by atoms with van der Waals surface area (Å²) < 4.78 is 37.9. The fourth-order valence-corrected chi connectivity index (χ4v) is 2.43. The number of nitrogens with one attached hydrogen (secondary N) is 2. The molecule has 1 aliphatic heterocycles. The van der Waals surface area contributed by atoms with Crippen molar-refractivity contribution in [1.29, 1.82) is 0 Å². The number of hydrogen-bond acceptors (Lipinski definition) is 4. The van der Waals surface area contributed by atoms with Crippen molar-refractivity contribution in [2.75, 3.05) is 25.0 Å². The van der Waals surface area contributed by atoms with Crippen LogP contribution in [0.5, 0.6) is 0 Å². The number of rotatable bonds is 4. The third-order valence-electron chi connectivity index (χ3n) is 3.75. The van der Waals surface area contributed by atoms with Crippen molar-refractivity contribution in [2.45, 2.75) is 38.9 Å². The third kappa shape index (κ3) is 5.24. The molecule has 2 rings (SSSR count). The van der Waals surface area contributed by atoms with E-state index in [2.05, 4.69) is 20.6 Å². The molecule has 24 heavy (non-hydrogen) atoms. The molecule has 9 heteroatoms. The lowest BCUT2D eigenvalue weighted by molar-refractivity contribution is -0.141. The van der Waals surface area contributed by atoms with E-state index in [1.165, 1.54) is 0 Å². The van der Waals surface area contributed by atoms with Crippen LogP contribution in [0.2, 0.25) is 0 Å². The van der Waals surface area contributed by atoms with E-state index in [0.717, 1.165) is 12.4 Å². The first-order valence-corrected chi connectivity index (χ1v) is 7.94. The molecule has 1 aliphatic rings. The standard InChI is InChI=1S/C15H22F3N5O/c1-10(2)8-19-14(24)23-5-3-11(4-6-23)22-13-7-12(15(16,17)18)20-9-21-13/h7,9-11H,3-6,8H2,1-2H3,(H,19,24)(H,20,21,22). The molecule has 0 radical (unpaired) electrons. The van der Waals surface area contributed by atoms with E-state index < -0.39 is 11.9 Å². The number of nitrogens with zero attached hydrogens (tertiary/aromatic N) is 3. The zero-order valence-electron chi connectivity index (χ0n) is 13.7. The second-order valence-corrected chi connectivity index (χ2v) is 6.27. The van der Waals surface area contributed by atoms with Gasteiger partial charge in [-0.15, -0.1) is 0 Å². The van der Waals surface area contributed by atoms with Crippen LogP contribution in [0.1, 0.15) is 32.4 Å². The van der Waals surface area contributed by atoms with Gasteiger partial charge in [0, 0.05) is 31.7 Å². The minimum atomic E-state index is -4.49. The number of anilines is 1. The van der Waals surface area contributed by atoms with Gasteiger partial charge in [0.2, 0.25) is 0 Å². The lowest BCUT2D eigenvalue weighted by atomic mass is 10.1. The Kier molecular flexibility index (Phi) is 5.84. The smallest absolute Gasteiger partial charge is 0.367 e. The molecule has 0 spiro atoms. The number of carbonyl (C=O) groups is 1. The number of amides is 2. The molecule has 1 saturated heterocycles. The fraction of sp³-hybridized carbons (Fsp3) is 0.667. The lowest BCUT2D eigenvalue weighted by Crippen LogP contribution is -2.47. The summed E-state index contributed by atoms with van der Waals surface area (Å²) in [5, 5.41) is 5.85. The van der Waals surface area contributed by atoms with E-state index in [1.54, 1.807) is 4.90 Å². The normalized spacial score (nSPS) is 16.3. The number of hydrogen-bond donors (Lipinski definition) is 2. The summed E-state index contributed by atoms with van der Waals surface area (Å²) in [6.45, 7) is 5.77. The Morgan fingerprint density at radius 1 is 1.33 bits per heavy atom. The van der Waals surface area contributed by atoms with Gasteiger partial charge in [0.25, 0.3) is 0 Å². The fourth-order valence-electron chi connectivity index (χ4n) is 2.43. The second kappa shape index (κ2) is 7.67. The molecule has 0 saturated carbocycles. The summed E-state index contributed by atoms with van der Waals surface area (Å²) in [5.74, 6) is 0.536. The number of aromatic nitrogens is 2. The summed E-state index contributed by atoms with van der Waals surface area (Å²) in [5.41, 5.74) is -0.967. The van der Waals surface area contributed by atoms with E-state index in [1.807, 2.05) is 13.8 Å². The molecule has 0 bridgehead atoms. The Bertz CT molecular complexity index is 556. The van der Waals surface area contributed by atoms with Crippen molar-refractivity contribution in [1.82, 2.24) is 20.2 Å². The predicted molar refractivity (Wildman–Crippen MR) is 83.5 cm³/mol. The SMILES string of the molecule is CC(C)CNC(=O)N1CCC(Nc2cc(C(F)(F)F)ncn2)CC1. The molecule has 1 fully saturated rings. The van der Waals surface area contributed by atoms with Crippen LogP contribution < -0.4 is 10.6 Å². The van der Waals surface area contributed by atoms with E-state index in [-0.39, 0.29) is 17.9 Å². The maximum Gasteiger partial charge on any atom is 0.433 e. The van der Waals surface area contributed by atoms with Crippen molar-refractivity contribution in [3.63, 3.8) is 0 Å². The van der Waals surface area contributed by atoms with Gasteiger partial charge in [0.1, 0.15) is 17.8 Å². The van der Waals surface area contributed by atoms with Crippen molar-refractivity contribution in [3.05, 3.63) is 18.1 Å². The highest BCUT2D eigenvalue weighted by molar-refractivity contribution is 5.74. The first-order chi connectivity index (χ1) is 11.3. The Hall–Kier alpha value is -2.06. The van der Waals surface area contributed by atoms with Gasteiger partial charge >= 0.3 is 12.2 Å². The highest BCUT2D eigenvalue weighted by Crippen LogP contribution is 2.28. The summed E-state index contributed by atoms with van der Waals surface area (Å²) in [6, 6.07) is 0.792. The highest BCUT2D eigenvalue weighted by Gasteiger charge is 2.33. The molecule has 6 nitrogen and oxygen atoms in total. The van der Waals surface area contributed by atoms with Gasteiger partial charge in [-0.2, -0.15) is 13.2 Å². The molecule has 0 atom stereocenters. The maximum atomic E-state index is 12.6. The minimum absolute atomic E-state index is 0.0184. The van der Waals surface area contributed by atoms with Crippen LogP contribution in [0.25, 0.3) is 0 Å². The summed E-state index contributed by atoms with van der Waals surface area (Å²) in [7, 11) is 0. The molecule has 2 heterocycles. The Labute approximate surface area is 138 Å². The number of piperidine rings is 1. The van der Waals surface area contributed by atoms with Gasteiger partial charge in [-0.25, -0.2) is 14.8 Å². The van der Waals surface area contributed by atoms with Gasteiger partial charge in [-0.1, -0.05) is 13.8 Å². The van der Waals surface area contributed by atoms with Gasteiger partial charge < -0.3 is 15.5 Å². The highest BCUT2D eigenvalue weighted by atomic mass is 19.4. The first kappa shape index (κ1) is 18.3. The molecule has 1 aromatic heterocycles. The molecular weight excluding hydrogens is 323 g/mol. The van der Waals surface area contributed by atoms with E-state index in [0.29, 0.717) is 38.4 Å². The van der Waals surface area contributed by atoms with Gasteiger partial charge in [0.05, 0.1) is 0 Å². The van der Waals surface area contributed by atoms with Crippen LogP contribution in [-0.4, -0.2) is 46.6 Å².